The number of benzene rings is 2. The Morgan fingerprint density at radius 1 is 1.06 bits per heavy atom. The number of sulfonamides is 1. The molecule has 8 nitrogen and oxygen atoms in total. The van der Waals surface area contributed by atoms with Crippen molar-refractivity contribution in [3.8, 4) is 11.1 Å². The first-order valence-electron chi connectivity index (χ1n) is 11.9. The monoisotopic (exact) mass is 513 g/mol. The predicted molar refractivity (Wildman–Crippen MR) is 144 cm³/mol. The minimum absolute atomic E-state index is 0.0729. The molecule has 3 rings (SSSR count). The lowest BCUT2D eigenvalue weighted by atomic mass is 9.80. The maximum atomic E-state index is 13.9. The highest BCUT2D eigenvalue weighted by molar-refractivity contribution is 7.88. The van der Waals surface area contributed by atoms with Crippen LogP contribution in [0, 0.1) is 11.3 Å². The van der Waals surface area contributed by atoms with Gasteiger partial charge in [0.15, 0.2) is 0 Å². The highest BCUT2D eigenvalue weighted by Crippen LogP contribution is 2.41. The summed E-state index contributed by atoms with van der Waals surface area (Å²) in [5.41, 5.74) is 2.10. The molecule has 0 aliphatic carbocycles. The molecule has 1 atom stereocenters. The van der Waals surface area contributed by atoms with Crippen molar-refractivity contribution in [3.05, 3.63) is 70.1 Å². The van der Waals surface area contributed by atoms with Crippen LogP contribution < -0.4 is 15.6 Å². The molecule has 1 heterocycles. The Labute approximate surface area is 212 Å². The fraction of sp³-hybridized carbons (Fsp3) is 0.407. The molecule has 0 saturated heterocycles. The first-order valence-corrected chi connectivity index (χ1v) is 13.8. The van der Waals surface area contributed by atoms with Gasteiger partial charge in [-0.25, -0.2) is 17.9 Å². The van der Waals surface area contributed by atoms with Crippen molar-refractivity contribution in [3.63, 3.8) is 0 Å². The number of hydrogen-bond donors (Lipinski definition) is 3. The van der Waals surface area contributed by atoms with Crippen LogP contribution >= 0.6 is 0 Å². The number of nitrogens with zero attached hydrogens (tertiary/aromatic N) is 1. The van der Waals surface area contributed by atoms with Crippen molar-refractivity contribution in [1.82, 2.24) is 14.6 Å². The summed E-state index contributed by atoms with van der Waals surface area (Å²) in [6.07, 6.45) is -0.0823. The lowest BCUT2D eigenvalue weighted by Gasteiger charge is -2.35. The summed E-state index contributed by atoms with van der Waals surface area (Å²) in [4.78, 5) is 25.8. The SMILES string of the molecule is CC(C)Cn1c(C(NC(=O)O)C(C)(C)C)c(-c2ccccc2)c2cc(CNS(C)(=O)=O)ccc2c1=O. The average molecular weight is 514 g/mol. The van der Waals surface area contributed by atoms with Crippen LogP contribution in [-0.4, -0.2) is 30.4 Å². The zero-order valence-corrected chi connectivity index (χ0v) is 22.4. The van der Waals surface area contributed by atoms with E-state index in [1.165, 1.54) is 0 Å². The molecule has 0 aliphatic heterocycles. The molecule has 0 saturated carbocycles. The molecule has 0 bridgehead atoms. The Hall–Kier alpha value is -3.17. The maximum absolute atomic E-state index is 13.9. The van der Waals surface area contributed by atoms with Crippen LogP contribution in [0.15, 0.2) is 53.3 Å². The molecule has 194 valence electrons. The smallest absolute Gasteiger partial charge is 0.405 e. The summed E-state index contributed by atoms with van der Waals surface area (Å²) in [5.74, 6) is 0.131. The molecule has 9 heteroatoms. The predicted octanol–water partition coefficient (Wildman–Crippen LogP) is 4.73. The molecule has 1 amide bonds. The highest BCUT2D eigenvalue weighted by atomic mass is 32.2. The normalized spacial score (nSPS) is 13.2. The van der Waals surface area contributed by atoms with Gasteiger partial charge in [-0.1, -0.05) is 71.0 Å². The van der Waals surface area contributed by atoms with Crippen molar-refractivity contribution in [2.45, 2.75) is 53.8 Å². The third-order valence-corrected chi connectivity index (χ3v) is 6.60. The number of fused-ring (bicyclic) bond motifs is 1. The molecule has 36 heavy (non-hydrogen) atoms. The summed E-state index contributed by atoms with van der Waals surface area (Å²) in [7, 11) is -3.41. The van der Waals surface area contributed by atoms with Crippen molar-refractivity contribution in [2.24, 2.45) is 11.3 Å². The van der Waals surface area contributed by atoms with Crippen LogP contribution in [0.5, 0.6) is 0 Å². The summed E-state index contributed by atoms with van der Waals surface area (Å²) < 4.78 is 27.6. The van der Waals surface area contributed by atoms with Gasteiger partial charge in [0, 0.05) is 24.0 Å². The summed E-state index contributed by atoms with van der Waals surface area (Å²) in [6, 6.07) is 14.2. The van der Waals surface area contributed by atoms with Gasteiger partial charge in [-0.05, 0) is 40.0 Å². The number of carboxylic acid groups (broad SMARTS) is 1. The fourth-order valence-electron chi connectivity index (χ4n) is 4.41. The van der Waals surface area contributed by atoms with Crippen LogP contribution in [0.1, 0.15) is 51.9 Å². The van der Waals surface area contributed by atoms with Gasteiger partial charge in [0.25, 0.3) is 5.56 Å². The molecular weight excluding hydrogens is 478 g/mol. The summed E-state index contributed by atoms with van der Waals surface area (Å²) in [5, 5.41) is 13.6. The van der Waals surface area contributed by atoms with Crippen molar-refractivity contribution in [1.29, 1.82) is 0 Å². The lowest BCUT2D eigenvalue weighted by molar-refractivity contribution is 0.172. The molecule has 0 aliphatic rings. The van der Waals surface area contributed by atoms with E-state index in [2.05, 4.69) is 10.0 Å². The van der Waals surface area contributed by atoms with E-state index in [4.69, 9.17) is 0 Å². The van der Waals surface area contributed by atoms with Crippen LogP contribution in [-0.2, 0) is 23.1 Å². The van der Waals surface area contributed by atoms with Crippen LogP contribution in [0.3, 0.4) is 0 Å². The van der Waals surface area contributed by atoms with Gasteiger partial charge < -0.3 is 15.0 Å². The Kier molecular flexibility index (Phi) is 7.95. The number of nitrogens with one attached hydrogen (secondary N) is 2. The topological polar surface area (TPSA) is 118 Å². The van der Waals surface area contributed by atoms with E-state index >= 15 is 0 Å². The third kappa shape index (κ3) is 6.33. The van der Waals surface area contributed by atoms with E-state index in [-0.39, 0.29) is 18.0 Å². The van der Waals surface area contributed by atoms with Gasteiger partial charge in [-0.15, -0.1) is 0 Å². The Morgan fingerprint density at radius 2 is 1.69 bits per heavy atom. The first-order chi connectivity index (χ1) is 16.7. The van der Waals surface area contributed by atoms with Crippen molar-refractivity contribution >= 4 is 26.9 Å². The van der Waals surface area contributed by atoms with Gasteiger partial charge in [0.05, 0.1) is 18.0 Å². The molecule has 3 N–H and O–H groups in total. The largest absolute Gasteiger partial charge is 0.465 e. The number of rotatable bonds is 8. The molecular formula is C27H35N3O5S. The molecule has 3 aromatic rings. The minimum atomic E-state index is -3.41. The average Bonchev–Trinajstić information content (AvgIpc) is 2.77. The summed E-state index contributed by atoms with van der Waals surface area (Å²) in [6.45, 7) is 10.3. The zero-order valence-electron chi connectivity index (χ0n) is 21.6. The minimum Gasteiger partial charge on any atom is -0.465 e. The Morgan fingerprint density at radius 3 is 2.22 bits per heavy atom. The van der Waals surface area contributed by atoms with Gasteiger partial charge in [-0.2, -0.15) is 0 Å². The highest BCUT2D eigenvalue weighted by Gasteiger charge is 2.34. The molecule has 0 spiro atoms. The quantitative estimate of drug-likeness (QED) is 0.403. The number of pyridine rings is 1. The molecule has 0 radical (unpaired) electrons. The standard InChI is InChI=1S/C27H35N3O5S/c1-17(2)16-30-23(24(27(3,4)5)29-26(32)33)22(19-10-8-7-9-11-19)21-14-18(15-28-36(6,34)35)12-13-20(21)25(30)31/h7-14,17,24,28-29H,15-16H2,1-6H3,(H,32,33). The first kappa shape index (κ1) is 27.4. The lowest BCUT2D eigenvalue weighted by Crippen LogP contribution is -2.40. The molecule has 0 fully saturated rings. The van der Waals surface area contributed by atoms with Crippen molar-refractivity contribution < 1.29 is 18.3 Å². The zero-order chi connectivity index (χ0) is 26.8. The van der Waals surface area contributed by atoms with Crippen LogP contribution in [0.2, 0.25) is 0 Å². The second kappa shape index (κ2) is 10.4. The van der Waals surface area contributed by atoms with E-state index in [0.717, 1.165) is 17.4 Å². The molecule has 1 aromatic heterocycles. The molecule has 1 unspecified atom stereocenters. The van der Waals surface area contributed by atoms with Crippen molar-refractivity contribution in [2.75, 3.05) is 6.26 Å². The third-order valence-electron chi connectivity index (χ3n) is 5.93. The van der Waals surface area contributed by atoms with E-state index in [1.807, 2.05) is 71.0 Å². The second-order valence-electron chi connectivity index (χ2n) is 10.7. The van der Waals surface area contributed by atoms with Crippen LogP contribution in [0.25, 0.3) is 21.9 Å². The number of carbonyl (C=O) groups is 1. The second-order valence-corrected chi connectivity index (χ2v) is 12.5. The van der Waals surface area contributed by atoms with E-state index in [0.29, 0.717) is 28.6 Å². The van der Waals surface area contributed by atoms with Gasteiger partial charge in [-0.3, -0.25) is 4.79 Å². The van der Waals surface area contributed by atoms with Crippen LogP contribution in [0.4, 0.5) is 4.79 Å². The van der Waals surface area contributed by atoms with E-state index in [9.17, 15) is 23.1 Å². The number of amides is 1. The van der Waals surface area contributed by atoms with Gasteiger partial charge >= 0.3 is 6.09 Å². The van der Waals surface area contributed by atoms with Gasteiger partial charge in [0.2, 0.25) is 10.0 Å². The Bertz CT molecular complexity index is 1420. The fourth-order valence-corrected chi connectivity index (χ4v) is 4.84. The van der Waals surface area contributed by atoms with Gasteiger partial charge in [0.1, 0.15) is 0 Å². The van der Waals surface area contributed by atoms with E-state index in [1.54, 1.807) is 16.7 Å². The number of aromatic nitrogens is 1. The number of hydrogen-bond acceptors (Lipinski definition) is 4. The maximum Gasteiger partial charge on any atom is 0.405 e. The molecule has 2 aromatic carbocycles. The summed E-state index contributed by atoms with van der Waals surface area (Å²) >= 11 is 0. The Balaban J connectivity index is 2.51. The van der Waals surface area contributed by atoms with E-state index < -0.39 is 27.6 Å².